The normalized spacial score (nSPS) is 11.9. The number of aliphatic hydroxyl groups excluding tert-OH is 1. The Morgan fingerprint density at radius 3 is 2.48 bits per heavy atom. The molecule has 1 atom stereocenters. The Hall–Kier alpha value is -2.67. The van der Waals surface area contributed by atoms with Crippen molar-refractivity contribution in [2.45, 2.75) is 45.8 Å². The lowest BCUT2D eigenvalue weighted by Gasteiger charge is -2.26. The summed E-state index contributed by atoms with van der Waals surface area (Å²) in [6, 6.07) is 10.2. The van der Waals surface area contributed by atoms with Gasteiger partial charge in [-0.25, -0.2) is 0 Å². The van der Waals surface area contributed by atoms with E-state index in [0.717, 1.165) is 12.0 Å². The van der Waals surface area contributed by atoms with Crippen molar-refractivity contribution in [2.75, 3.05) is 29.2 Å². The summed E-state index contributed by atoms with van der Waals surface area (Å²) in [5.74, 6) is 1.77. The third kappa shape index (κ3) is 5.40. The molecule has 0 aliphatic carbocycles. The summed E-state index contributed by atoms with van der Waals surface area (Å²) in [6.45, 7) is 10.5. The molecule has 1 aromatic carbocycles. The first-order valence-electron chi connectivity index (χ1n) is 9.26. The Morgan fingerprint density at radius 2 is 1.93 bits per heavy atom. The van der Waals surface area contributed by atoms with Gasteiger partial charge in [0.2, 0.25) is 5.95 Å². The van der Waals surface area contributed by atoms with Gasteiger partial charge >= 0.3 is 0 Å². The van der Waals surface area contributed by atoms with E-state index in [1.54, 1.807) is 0 Å². The van der Waals surface area contributed by atoms with Crippen LogP contribution in [0.3, 0.4) is 0 Å². The van der Waals surface area contributed by atoms with Crippen LogP contribution in [0.1, 0.15) is 32.8 Å². The Kier molecular flexibility index (Phi) is 7.55. The molecule has 146 valence electrons. The number of nitrogens with one attached hydrogen (secondary N) is 2. The molecule has 0 saturated carbocycles. The Bertz CT molecular complexity index is 731. The van der Waals surface area contributed by atoms with Crippen LogP contribution in [0.25, 0.3) is 0 Å². The van der Waals surface area contributed by atoms with E-state index in [1.165, 1.54) is 0 Å². The highest BCUT2D eigenvalue weighted by Crippen LogP contribution is 2.35. The van der Waals surface area contributed by atoms with Gasteiger partial charge in [0.1, 0.15) is 5.69 Å². The molecule has 7 nitrogen and oxygen atoms in total. The predicted octanol–water partition coefficient (Wildman–Crippen LogP) is 3.45. The van der Waals surface area contributed by atoms with Gasteiger partial charge in [-0.1, -0.05) is 37.3 Å². The maximum absolute atomic E-state index is 9.50. The minimum absolute atomic E-state index is 0.0173. The maximum Gasteiger partial charge on any atom is 0.227 e. The van der Waals surface area contributed by atoms with Crippen molar-refractivity contribution in [3.8, 4) is 0 Å². The van der Waals surface area contributed by atoms with Crippen molar-refractivity contribution in [1.82, 2.24) is 9.97 Å². The summed E-state index contributed by atoms with van der Waals surface area (Å²) in [6.07, 6.45) is 0.767. The van der Waals surface area contributed by atoms with Gasteiger partial charge in [0.15, 0.2) is 11.6 Å². The largest absolute Gasteiger partial charge is 0.394 e. The molecule has 0 aliphatic heterocycles. The molecule has 27 heavy (non-hydrogen) atoms. The maximum atomic E-state index is 9.50. The fourth-order valence-corrected chi connectivity index (χ4v) is 2.51. The molecule has 0 saturated heterocycles. The van der Waals surface area contributed by atoms with Gasteiger partial charge < -0.3 is 20.6 Å². The van der Waals surface area contributed by atoms with E-state index in [4.69, 9.17) is 0 Å². The van der Waals surface area contributed by atoms with Crippen LogP contribution >= 0.6 is 0 Å². The van der Waals surface area contributed by atoms with Crippen LogP contribution in [0, 0.1) is 0 Å². The monoisotopic (exact) mass is 370 g/mol. The first kappa shape index (κ1) is 20.6. The average molecular weight is 371 g/mol. The molecule has 0 bridgehead atoms. The van der Waals surface area contributed by atoms with Gasteiger partial charge in [-0.2, -0.15) is 9.97 Å². The van der Waals surface area contributed by atoms with Gasteiger partial charge in [0, 0.05) is 19.6 Å². The van der Waals surface area contributed by atoms with Gasteiger partial charge in [0.05, 0.1) is 12.6 Å². The quantitative estimate of drug-likeness (QED) is 0.556. The SMILES string of the molecule is C=Nc1c(NCc2ccccc2)nc(NC(CC)CO)nc1N(C)C(C)C. The van der Waals surface area contributed by atoms with E-state index < -0.39 is 0 Å². The molecular weight excluding hydrogens is 340 g/mol. The highest BCUT2D eigenvalue weighted by atomic mass is 16.3. The Balaban J connectivity index is 2.41. The summed E-state index contributed by atoms with van der Waals surface area (Å²) in [4.78, 5) is 15.4. The van der Waals surface area contributed by atoms with Gasteiger partial charge in [-0.15, -0.1) is 0 Å². The number of rotatable bonds is 10. The molecule has 7 heteroatoms. The van der Waals surface area contributed by atoms with Crippen LogP contribution in [0.2, 0.25) is 0 Å². The summed E-state index contributed by atoms with van der Waals surface area (Å²) >= 11 is 0. The second-order valence-electron chi connectivity index (χ2n) is 6.70. The van der Waals surface area contributed by atoms with Gasteiger partial charge in [-0.3, -0.25) is 4.99 Å². The minimum Gasteiger partial charge on any atom is -0.394 e. The number of benzene rings is 1. The van der Waals surface area contributed by atoms with Crippen LogP contribution in [0.4, 0.5) is 23.3 Å². The summed E-state index contributed by atoms with van der Waals surface area (Å²) < 4.78 is 0. The third-order valence-electron chi connectivity index (χ3n) is 4.48. The number of aromatic nitrogens is 2. The second-order valence-corrected chi connectivity index (χ2v) is 6.70. The van der Waals surface area contributed by atoms with Crippen LogP contribution in [0.15, 0.2) is 35.3 Å². The molecule has 1 heterocycles. The smallest absolute Gasteiger partial charge is 0.227 e. The van der Waals surface area contributed by atoms with Gasteiger partial charge in [0.25, 0.3) is 0 Å². The van der Waals surface area contributed by atoms with E-state index >= 15 is 0 Å². The average Bonchev–Trinajstić information content (AvgIpc) is 2.70. The zero-order valence-electron chi connectivity index (χ0n) is 16.6. The summed E-state index contributed by atoms with van der Waals surface area (Å²) in [7, 11) is 1.97. The molecule has 0 aliphatic rings. The van der Waals surface area contributed by atoms with Crippen LogP contribution < -0.4 is 15.5 Å². The highest BCUT2D eigenvalue weighted by molar-refractivity contribution is 5.78. The lowest BCUT2D eigenvalue weighted by Crippen LogP contribution is -2.29. The van der Waals surface area contributed by atoms with Crippen molar-refractivity contribution >= 4 is 30.0 Å². The molecule has 2 aromatic rings. The number of hydrogen-bond acceptors (Lipinski definition) is 7. The van der Waals surface area contributed by atoms with Crippen LogP contribution in [-0.2, 0) is 6.54 Å². The van der Waals surface area contributed by atoms with E-state index in [1.807, 2.05) is 49.2 Å². The van der Waals surface area contributed by atoms with Crippen molar-refractivity contribution < 1.29 is 5.11 Å². The van der Waals surface area contributed by atoms with Crippen molar-refractivity contribution in [3.05, 3.63) is 35.9 Å². The number of hydrogen-bond donors (Lipinski definition) is 3. The standard InChI is InChI=1S/C20H30N6O/c1-6-16(13-27)23-20-24-18(22-12-15-10-8-7-9-11-15)17(21-4)19(25-20)26(5)14(2)3/h7-11,14,16,27H,4,6,12-13H2,1-3,5H3,(H2,22,23,24,25). The first-order chi connectivity index (χ1) is 13.0. The number of aliphatic hydroxyl groups is 1. The van der Waals surface area contributed by atoms with Crippen molar-refractivity contribution in [2.24, 2.45) is 4.99 Å². The summed E-state index contributed by atoms with van der Waals surface area (Å²) in [5.41, 5.74) is 1.76. The molecule has 0 amide bonds. The fraction of sp³-hybridized carbons (Fsp3) is 0.450. The topological polar surface area (TPSA) is 85.7 Å². The van der Waals surface area contributed by atoms with E-state index in [9.17, 15) is 5.11 Å². The number of nitrogens with zero attached hydrogens (tertiary/aromatic N) is 4. The van der Waals surface area contributed by atoms with Crippen molar-refractivity contribution in [1.29, 1.82) is 0 Å². The zero-order valence-corrected chi connectivity index (χ0v) is 16.6. The molecule has 2 rings (SSSR count). The van der Waals surface area contributed by atoms with Crippen molar-refractivity contribution in [3.63, 3.8) is 0 Å². The third-order valence-corrected chi connectivity index (χ3v) is 4.48. The van der Waals surface area contributed by atoms with E-state index in [0.29, 0.717) is 29.8 Å². The van der Waals surface area contributed by atoms with Crippen LogP contribution in [0.5, 0.6) is 0 Å². The minimum atomic E-state index is -0.105. The number of anilines is 3. The lowest BCUT2D eigenvalue weighted by atomic mass is 10.2. The highest BCUT2D eigenvalue weighted by Gasteiger charge is 2.19. The first-order valence-corrected chi connectivity index (χ1v) is 9.26. The van der Waals surface area contributed by atoms with Crippen LogP contribution in [-0.4, -0.2) is 47.5 Å². The predicted molar refractivity (Wildman–Crippen MR) is 113 cm³/mol. The second kappa shape index (κ2) is 9.87. The lowest BCUT2D eigenvalue weighted by molar-refractivity contribution is 0.271. The molecular formula is C20H30N6O. The van der Waals surface area contributed by atoms with E-state index in [2.05, 4.69) is 46.2 Å². The Morgan fingerprint density at radius 1 is 1.22 bits per heavy atom. The molecule has 1 aromatic heterocycles. The number of aliphatic imine (C=N–C) groups is 1. The zero-order chi connectivity index (χ0) is 19.8. The van der Waals surface area contributed by atoms with E-state index in [-0.39, 0.29) is 18.7 Å². The van der Waals surface area contributed by atoms with Gasteiger partial charge in [-0.05, 0) is 32.5 Å². The molecule has 0 radical (unpaired) electrons. The molecule has 1 unspecified atom stereocenters. The molecule has 0 fully saturated rings. The Labute approximate surface area is 161 Å². The fourth-order valence-electron chi connectivity index (χ4n) is 2.51. The summed E-state index contributed by atoms with van der Waals surface area (Å²) in [5, 5.41) is 16.1. The molecule has 3 N–H and O–H groups in total. The molecule has 0 spiro atoms.